The van der Waals surface area contributed by atoms with E-state index in [1.54, 1.807) is 20.8 Å². The highest BCUT2D eigenvalue weighted by Gasteiger charge is 2.72. The molecule has 0 bridgehead atoms. The van der Waals surface area contributed by atoms with E-state index in [1.807, 2.05) is 6.92 Å². The summed E-state index contributed by atoms with van der Waals surface area (Å²) in [5.41, 5.74) is -6.07. The first kappa shape index (κ1) is 28.2. The summed E-state index contributed by atoms with van der Waals surface area (Å²) in [4.78, 5) is 26.1. The number of ether oxygens (including phenoxy) is 1. The number of hydrogen-bond donors (Lipinski definition) is 6. The normalized spacial score (nSPS) is 52.3. The van der Waals surface area contributed by atoms with Gasteiger partial charge in [-0.25, -0.2) is 0 Å². The fraction of sp³-hybridized carbons (Fsp3) is 0.862. The van der Waals surface area contributed by atoms with E-state index in [-0.39, 0.29) is 37.2 Å². The second kappa shape index (κ2) is 8.82. The number of aliphatic hydroxyl groups excluding tert-OH is 3. The number of esters is 1. The number of carbonyl (C=O) groups is 2. The van der Waals surface area contributed by atoms with Gasteiger partial charge in [-0.1, -0.05) is 20.8 Å². The van der Waals surface area contributed by atoms with Crippen LogP contribution in [-0.4, -0.2) is 84.1 Å². The van der Waals surface area contributed by atoms with Crippen molar-refractivity contribution < 1.29 is 45.0 Å². The van der Waals surface area contributed by atoms with Gasteiger partial charge in [-0.2, -0.15) is 0 Å². The van der Waals surface area contributed by atoms with Crippen molar-refractivity contribution in [2.24, 2.45) is 34.5 Å². The smallest absolute Gasteiger partial charge is 0.309 e. The summed E-state index contributed by atoms with van der Waals surface area (Å²) in [6, 6.07) is 0. The van der Waals surface area contributed by atoms with Crippen LogP contribution >= 0.6 is 0 Å². The molecule has 4 aliphatic carbocycles. The fourth-order valence-electron chi connectivity index (χ4n) is 9.38. The molecule has 38 heavy (non-hydrogen) atoms. The van der Waals surface area contributed by atoms with Crippen LogP contribution in [0.4, 0.5) is 0 Å². The molecule has 0 aromatic rings. The minimum Gasteiger partial charge on any atom is -0.459 e. The number of rotatable bonds is 4. The highest BCUT2D eigenvalue weighted by atomic mass is 16.6. The molecule has 1 saturated heterocycles. The molecule has 5 rings (SSSR count). The molecule has 0 radical (unpaired) electrons. The quantitative estimate of drug-likeness (QED) is 0.288. The lowest BCUT2D eigenvalue weighted by atomic mass is 9.44. The van der Waals surface area contributed by atoms with E-state index < -0.39 is 63.6 Å². The van der Waals surface area contributed by atoms with Crippen LogP contribution in [0.25, 0.3) is 0 Å². The highest BCUT2D eigenvalue weighted by molar-refractivity contribution is 6.00. The maximum atomic E-state index is 13.4. The molecule has 1 unspecified atom stereocenters. The lowest BCUT2D eigenvalue weighted by Gasteiger charge is -2.63. The van der Waals surface area contributed by atoms with Gasteiger partial charge in [0.25, 0.3) is 0 Å². The predicted octanol–water partition coefficient (Wildman–Crippen LogP) is 1.01. The average molecular weight is 537 g/mol. The Balaban J connectivity index is 1.50. The van der Waals surface area contributed by atoms with Crippen LogP contribution in [0.3, 0.4) is 0 Å². The Morgan fingerprint density at radius 2 is 1.68 bits per heavy atom. The molecule has 9 nitrogen and oxygen atoms in total. The van der Waals surface area contributed by atoms with Crippen LogP contribution in [-0.2, 0) is 14.3 Å². The van der Waals surface area contributed by atoms with Gasteiger partial charge in [-0.05, 0) is 81.3 Å². The number of ketones is 1. The summed E-state index contributed by atoms with van der Waals surface area (Å²) in [6.07, 6.45) is 0.719. The third kappa shape index (κ3) is 3.51. The molecule has 1 aliphatic heterocycles. The van der Waals surface area contributed by atoms with Gasteiger partial charge in [-0.15, -0.1) is 0 Å². The molecule has 4 fully saturated rings. The van der Waals surface area contributed by atoms with E-state index in [4.69, 9.17) is 4.74 Å². The molecule has 0 amide bonds. The van der Waals surface area contributed by atoms with E-state index in [0.29, 0.717) is 44.1 Å². The van der Waals surface area contributed by atoms with Crippen LogP contribution in [0.2, 0.25) is 0 Å². The van der Waals surface area contributed by atoms with Crippen LogP contribution in [0, 0.1) is 34.5 Å². The van der Waals surface area contributed by atoms with E-state index in [1.165, 1.54) is 6.08 Å². The van der Waals surface area contributed by atoms with Crippen LogP contribution in [0.15, 0.2) is 11.6 Å². The summed E-state index contributed by atoms with van der Waals surface area (Å²) in [5, 5.41) is 66.2. The molecule has 6 N–H and O–H groups in total. The van der Waals surface area contributed by atoms with Gasteiger partial charge < -0.3 is 35.4 Å². The maximum Gasteiger partial charge on any atom is 0.309 e. The minimum absolute atomic E-state index is 0.0365. The zero-order chi connectivity index (χ0) is 28.1. The summed E-state index contributed by atoms with van der Waals surface area (Å²) in [6.45, 7) is 7.10. The highest BCUT2D eigenvalue weighted by Crippen LogP contribution is 2.69. The minimum atomic E-state index is -1.83. The van der Waals surface area contributed by atoms with Crippen molar-refractivity contribution >= 4 is 11.8 Å². The van der Waals surface area contributed by atoms with Crippen molar-refractivity contribution in [1.82, 2.24) is 0 Å². The van der Waals surface area contributed by atoms with Crippen LogP contribution in [0.5, 0.6) is 0 Å². The van der Waals surface area contributed by atoms with Gasteiger partial charge in [0.05, 0.1) is 23.7 Å². The fourth-order valence-corrected chi connectivity index (χ4v) is 9.38. The Hall–Kier alpha value is -1.36. The second-order valence-corrected chi connectivity index (χ2v) is 13.7. The molecule has 3 saturated carbocycles. The van der Waals surface area contributed by atoms with E-state index in [0.717, 1.165) is 0 Å². The Kier molecular flexibility index (Phi) is 6.54. The zero-order valence-corrected chi connectivity index (χ0v) is 22.9. The summed E-state index contributed by atoms with van der Waals surface area (Å²) < 4.78 is 5.75. The topological polar surface area (TPSA) is 165 Å². The number of aliphatic hydroxyl groups is 6. The molecular weight excluding hydrogens is 492 g/mol. The third-order valence-corrected chi connectivity index (χ3v) is 12.0. The largest absolute Gasteiger partial charge is 0.459 e. The first-order chi connectivity index (χ1) is 17.6. The van der Waals surface area contributed by atoms with Gasteiger partial charge >= 0.3 is 5.97 Å². The Bertz CT molecular complexity index is 1040. The van der Waals surface area contributed by atoms with Crippen molar-refractivity contribution in [2.75, 3.05) is 6.61 Å². The molecule has 0 aromatic heterocycles. The SMILES string of the molecule is C[C@H]1C(=O)O[C@@H]([C@](C)(O)[C@H]2CC[C@@]3(O)C4=CC(=O)[C@]5(O)C[C@@H](O)[C@@H](O)C[C@]5(C)C4CC[C@]23C)C[C@@H]1CCO. The standard InChI is InChI=1S/C29H44O9/c1-15-16(7-10-30)11-23(38-24(15)34)27(4,35)21-6-9-28(36)18-12-22(33)29(37)14-20(32)19(31)13-26(29,3)17(18)5-8-25(21,28)2/h12,15-17,19-21,23,30-32,35-37H,5-11,13-14H2,1-4H3/t15-,16+,17?,19+,20-,21+,23-,25-,26-,27-,28-,29-/m1/s1. The summed E-state index contributed by atoms with van der Waals surface area (Å²) >= 11 is 0. The van der Waals surface area contributed by atoms with Crippen molar-refractivity contribution in [3.8, 4) is 0 Å². The lowest BCUT2D eigenvalue weighted by molar-refractivity contribution is -0.218. The van der Waals surface area contributed by atoms with Crippen molar-refractivity contribution in [3.05, 3.63) is 11.6 Å². The first-order valence-corrected chi connectivity index (χ1v) is 14.2. The van der Waals surface area contributed by atoms with E-state index >= 15 is 0 Å². The van der Waals surface area contributed by atoms with E-state index in [2.05, 4.69) is 0 Å². The summed E-state index contributed by atoms with van der Waals surface area (Å²) in [5.74, 6) is -2.27. The molecule has 214 valence electrons. The van der Waals surface area contributed by atoms with Crippen LogP contribution in [0.1, 0.15) is 79.1 Å². The Morgan fingerprint density at radius 3 is 2.34 bits per heavy atom. The number of carbonyl (C=O) groups excluding carboxylic acids is 2. The second-order valence-electron chi connectivity index (χ2n) is 13.7. The van der Waals surface area contributed by atoms with Gasteiger partial charge in [-0.3, -0.25) is 9.59 Å². The van der Waals surface area contributed by atoms with Gasteiger partial charge in [0.1, 0.15) is 17.3 Å². The maximum absolute atomic E-state index is 13.4. The molecule has 0 aromatic carbocycles. The number of hydrogen-bond acceptors (Lipinski definition) is 9. The van der Waals surface area contributed by atoms with Crippen molar-refractivity contribution in [3.63, 3.8) is 0 Å². The molecule has 5 aliphatic rings. The van der Waals surface area contributed by atoms with Gasteiger partial charge in [0.15, 0.2) is 5.78 Å². The van der Waals surface area contributed by atoms with Gasteiger partial charge in [0.2, 0.25) is 0 Å². The number of fused-ring (bicyclic) bond motifs is 5. The molecular formula is C29H44O9. The monoisotopic (exact) mass is 536 g/mol. The zero-order valence-electron chi connectivity index (χ0n) is 22.9. The predicted molar refractivity (Wildman–Crippen MR) is 135 cm³/mol. The summed E-state index contributed by atoms with van der Waals surface area (Å²) in [7, 11) is 0. The Labute approximate surface area is 223 Å². The van der Waals surface area contributed by atoms with Crippen molar-refractivity contribution in [1.29, 1.82) is 0 Å². The lowest BCUT2D eigenvalue weighted by Crippen LogP contribution is -2.69. The van der Waals surface area contributed by atoms with E-state index in [9.17, 15) is 40.2 Å². The Morgan fingerprint density at radius 1 is 1.03 bits per heavy atom. The molecule has 0 spiro atoms. The van der Waals surface area contributed by atoms with Crippen molar-refractivity contribution in [2.45, 2.75) is 114 Å². The number of cyclic esters (lactones) is 1. The molecule has 12 atom stereocenters. The average Bonchev–Trinajstić information content (AvgIpc) is 3.12. The first-order valence-electron chi connectivity index (χ1n) is 14.2. The molecule has 9 heteroatoms. The molecule has 1 heterocycles. The van der Waals surface area contributed by atoms with Crippen LogP contribution < -0.4 is 0 Å². The van der Waals surface area contributed by atoms with Gasteiger partial charge in [0, 0.05) is 23.9 Å². The third-order valence-electron chi connectivity index (χ3n) is 12.0.